The van der Waals surface area contributed by atoms with Crippen LogP contribution in [0.1, 0.15) is 29.1 Å². The third kappa shape index (κ3) is 4.38. The van der Waals surface area contributed by atoms with Gasteiger partial charge in [0.25, 0.3) is 0 Å². The van der Waals surface area contributed by atoms with Gasteiger partial charge in [-0.2, -0.15) is 0 Å². The molecule has 1 aromatic carbocycles. The maximum Gasteiger partial charge on any atom is 0.338 e. The van der Waals surface area contributed by atoms with Crippen molar-refractivity contribution in [2.24, 2.45) is 0 Å². The van der Waals surface area contributed by atoms with Crippen molar-refractivity contribution in [2.75, 3.05) is 13.2 Å². The highest BCUT2D eigenvalue weighted by Crippen LogP contribution is 2.13. The molecular weight excluding hydrogens is 322 g/mol. The smallest absolute Gasteiger partial charge is 0.338 e. The van der Waals surface area contributed by atoms with E-state index in [9.17, 15) is 18.3 Å². The van der Waals surface area contributed by atoms with E-state index in [0.29, 0.717) is 5.69 Å². The zero-order valence-electron chi connectivity index (χ0n) is 12.4. The summed E-state index contributed by atoms with van der Waals surface area (Å²) in [7, 11) is -3.80. The van der Waals surface area contributed by atoms with E-state index in [1.54, 1.807) is 6.92 Å². The van der Waals surface area contributed by atoms with Crippen LogP contribution in [0.4, 0.5) is 0 Å². The molecule has 23 heavy (non-hydrogen) atoms. The van der Waals surface area contributed by atoms with Crippen molar-refractivity contribution in [3.05, 3.63) is 48.0 Å². The summed E-state index contributed by atoms with van der Waals surface area (Å²) in [6.07, 6.45) is 1.76. The van der Waals surface area contributed by atoms with Gasteiger partial charge in [0.2, 0.25) is 10.0 Å². The Hall–Kier alpha value is -2.23. The minimum Gasteiger partial charge on any atom is -0.462 e. The number of nitrogens with one attached hydrogen (secondary N) is 2. The lowest BCUT2D eigenvalue weighted by molar-refractivity contribution is 0.0526. The van der Waals surface area contributed by atoms with Crippen molar-refractivity contribution in [3.63, 3.8) is 0 Å². The minimum atomic E-state index is -3.80. The Morgan fingerprint density at radius 1 is 1.39 bits per heavy atom. The van der Waals surface area contributed by atoms with Gasteiger partial charge in [-0.05, 0) is 31.2 Å². The number of carbonyl (C=O) groups excluding carboxylic acids is 1. The maximum atomic E-state index is 12.1. The maximum absolute atomic E-state index is 12.1. The van der Waals surface area contributed by atoms with E-state index in [2.05, 4.69) is 14.7 Å². The molecule has 3 N–H and O–H groups in total. The highest BCUT2D eigenvalue weighted by atomic mass is 32.2. The Balaban J connectivity index is 2.03. The quantitative estimate of drug-likeness (QED) is 0.635. The van der Waals surface area contributed by atoms with Gasteiger partial charge in [0.15, 0.2) is 0 Å². The zero-order valence-corrected chi connectivity index (χ0v) is 13.2. The summed E-state index contributed by atoms with van der Waals surface area (Å²) in [5, 5.41) is 9.84. The molecule has 0 aliphatic carbocycles. The highest BCUT2D eigenvalue weighted by Gasteiger charge is 2.18. The van der Waals surface area contributed by atoms with Gasteiger partial charge in [-0.25, -0.2) is 22.9 Å². The largest absolute Gasteiger partial charge is 0.462 e. The molecule has 2 rings (SSSR count). The van der Waals surface area contributed by atoms with Crippen molar-refractivity contribution in [3.8, 4) is 0 Å². The van der Waals surface area contributed by atoms with E-state index >= 15 is 0 Å². The number of aliphatic hydroxyl groups is 1. The first-order valence-electron chi connectivity index (χ1n) is 6.87. The summed E-state index contributed by atoms with van der Waals surface area (Å²) >= 11 is 0. The van der Waals surface area contributed by atoms with E-state index in [-0.39, 0.29) is 23.6 Å². The molecule has 0 bridgehead atoms. The summed E-state index contributed by atoms with van der Waals surface area (Å²) in [6.45, 7) is 1.72. The predicted molar refractivity (Wildman–Crippen MR) is 81.1 cm³/mol. The molecule has 0 aliphatic rings. The number of hydrogen-bond acceptors (Lipinski definition) is 6. The van der Waals surface area contributed by atoms with Crippen molar-refractivity contribution < 1.29 is 23.1 Å². The van der Waals surface area contributed by atoms with Crippen molar-refractivity contribution >= 4 is 16.0 Å². The fraction of sp³-hybridized carbons (Fsp3) is 0.286. The van der Waals surface area contributed by atoms with Crippen LogP contribution in [0.15, 0.2) is 41.7 Å². The van der Waals surface area contributed by atoms with Gasteiger partial charge in [-0.3, -0.25) is 0 Å². The topological polar surface area (TPSA) is 121 Å². The number of ether oxygens (including phenoxy) is 1. The number of hydrogen-bond donors (Lipinski definition) is 3. The molecule has 0 radical (unpaired) electrons. The van der Waals surface area contributed by atoms with E-state index in [1.807, 2.05) is 0 Å². The molecule has 1 atom stereocenters. The van der Waals surface area contributed by atoms with Gasteiger partial charge in [0.1, 0.15) is 6.10 Å². The van der Waals surface area contributed by atoms with Crippen LogP contribution >= 0.6 is 0 Å². The Morgan fingerprint density at radius 3 is 2.65 bits per heavy atom. The molecular formula is C14H17N3O5S. The molecule has 0 saturated heterocycles. The number of H-pyrrole nitrogens is 1. The number of aromatic nitrogens is 2. The number of esters is 1. The van der Waals surface area contributed by atoms with Crippen LogP contribution in [0.5, 0.6) is 0 Å². The average molecular weight is 339 g/mol. The number of aliphatic hydroxyl groups excluding tert-OH is 1. The van der Waals surface area contributed by atoms with E-state index in [1.165, 1.54) is 36.8 Å². The lowest BCUT2D eigenvalue weighted by atomic mass is 10.2. The Kier molecular flexibility index (Phi) is 5.48. The fourth-order valence-corrected chi connectivity index (χ4v) is 2.85. The zero-order chi connectivity index (χ0) is 16.9. The van der Waals surface area contributed by atoms with E-state index in [0.717, 1.165) is 0 Å². The number of rotatable bonds is 7. The third-order valence-corrected chi connectivity index (χ3v) is 4.46. The molecule has 2 aromatic rings. The molecule has 1 aromatic heterocycles. The second kappa shape index (κ2) is 7.36. The molecule has 8 nitrogen and oxygen atoms in total. The van der Waals surface area contributed by atoms with Crippen LogP contribution < -0.4 is 4.72 Å². The second-order valence-electron chi connectivity index (χ2n) is 4.62. The van der Waals surface area contributed by atoms with Gasteiger partial charge in [0.05, 0.1) is 35.3 Å². The molecule has 0 amide bonds. The number of carbonyl (C=O) groups is 1. The Morgan fingerprint density at radius 2 is 2.09 bits per heavy atom. The third-order valence-electron chi connectivity index (χ3n) is 3.02. The van der Waals surface area contributed by atoms with Gasteiger partial charge in [-0.1, -0.05) is 0 Å². The first-order valence-corrected chi connectivity index (χ1v) is 8.35. The number of benzene rings is 1. The summed E-state index contributed by atoms with van der Waals surface area (Å²) in [4.78, 5) is 18.0. The Labute approximate surface area is 133 Å². The van der Waals surface area contributed by atoms with Crippen molar-refractivity contribution in [1.82, 2.24) is 14.7 Å². The fourth-order valence-electron chi connectivity index (χ4n) is 1.82. The minimum absolute atomic E-state index is 0.0117. The lowest BCUT2D eigenvalue weighted by Crippen LogP contribution is -2.28. The van der Waals surface area contributed by atoms with Crippen molar-refractivity contribution in [1.29, 1.82) is 0 Å². The first-order chi connectivity index (χ1) is 10.9. The van der Waals surface area contributed by atoms with E-state index in [4.69, 9.17) is 4.74 Å². The predicted octanol–water partition coefficient (Wildman–Crippen LogP) is 0.598. The van der Waals surface area contributed by atoms with Crippen LogP contribution in [0.25, 0.3) is 0 Å². The lowest BCUT2D eigenvalue weighted by Gasteiger charge is -2.11. The van der Waals surface area contributed by atoms with Gasteiger partial charge in [0, 0.05) is 6.54 Å². The molecule has 0 fully saturated rings. The van der Waals surface area contributed by atoms with Crippen LogP contribution in [0, 0.1) is 0 Å². The Bertz CT molecular complexity index is 741. The molecule has 0 saturated carbocycles. The summed E-state index contributed by atoms with van der Waals surface area (Å²) in [5.41, 5.74) is 0.675. The summed E-state index contributed by atoms with van der Waals surface area (Å²) < 4.78 is 31.4. The number of sulfonamides is 1. The SMILES string of the molecule is CCOC(=O)c1ccc(S(=O)(=O)NCC(O)c2cnc[nH]2)cc1. The number of aromatic amines is 1. The summed E-state index contributed by atoms with van der Waals surface area (Å²) in [5.74, 6) is -0.515. The van der Waals surface area contributed by atoms with E-state index < -0.39 is 22.1 Å². The molecule has 0 aliphatic heterocycles. The van der Waals surface area contributed by atoms with Crippen LogP contribution in [0.2, 0.25) is 0 Å². The second-order valence-corrected chi connectivity index (χ2v) is 6.39. The standard InChI is InChI=1S/C14H17N3O5S/c1-2-22-14(19)10-3-5-11(6-4-10)23(20,21)17-8-13(18)12-7-15-9-16-12/h3-7,9,13,17-18H,2,8H2,1H3,(H,15,16). The summed E-state index contributed by atoms with van der Waals surface area (Å²) in [6, 6.07) is 5.35. The monoisotopic (exact) mass is 339 g/mol. The number of nitrogens with zero attached hydrogens (tertiary/aromatic N) is 1. The highest BCUT2D eigenvalue weighted by molar-refractivity contribution is 7.89. The normalized spacial score (nSPS) is 12.8. The van der Waals surface area contributed by atoms with Gasteiger partial charge in [-0.15, -0.1) is 0 Å². The molecule has 1 unspecified atom stereocenters. The first kappa shape index (κ1) is 17.1. The van der Waals surface area contributed by atoms with Crippen LogP contribution in [-0.4, -0.2) is 42.6 Å². The molecule has 9 heteroatoms. The molecule has 1 heterocycles. The van der Waals surface area contributed by atoms with Gasteiger partial charge >= 0.3 is 5.97 Å². The number of imidazole rings is 1. The average Bonchev–Trinajstić information content (AvgIpc) is 3.07. The van der Waals surface area contributed by atoms with Crippen LogP contribution in [-0.2, 0) is 14.8 Å². The molecule has 124 valence electrons. The molecule has 0 spiro atoms. The van der Waals surface area contributed by atoms with Gasteiger partial charge < -0.3 is 14.8 Å². The van der Waals surface area contributed by atoms with Crippen molar-refractivity contribution in [2.45, 2.75) is 17.9 Å². The van der Waals surface area contributed by atoms with Crippen LogP contribution in [0.3, 0.4) is 0 Å².